The average molecular weight is 405 g/mol. The van der Waals surface area contributed by atoms with Crippen LogP contribution < -0.4 is 11.1 Å². The van der Waals surface area contributed by atoms with Gasteiger partial charge in [0.2, 0.25) is 0 Å². The fourth-order valence-corrected chi connectivity index (χ4v) is 2.71. The lowest BCUT2D eigenvalue weighted by molar-refractivity contribution is 1.14. The summed E-state index contributed by atoms with van der Waals surface area (Å²) < 4.78 is 2.15. The van der Waals surface area contributed by atoms with E-state index in [-0.39, 0.29) is 0 Å². The third-order valence-corrected chi connectivity index (χ3v) is 3.63. The zero-order valence-corrected chi connectivity index (χ0v) is 12.8. The molecule has 0 bridgehead atoms. The van der Waals surface area contributed by atoms with Crippen LogP contribution in [0.4, 0.5) is 17.3 Å². The van der Waals surface area contributed by atoms with Gasteiger partial charge in [-0.1, -0.05) is 0 Å². The van der Waals surface area contributed by atoms with Crippen molar-refractivity contribution in [3.8, 4) is 0 Å². The normalized spacial score (nSPS) is 10.3. The molecule has 1 heterocycles. The van der Waals surface area contributed by atoms with E-state index >= 15 is 0 Å². The summed E-state index contributed by atoms with van der Waals surface area (Å²) >= 11 is 5.77. The Morgan fingerprint density at radius 1 is 1.35 bits per heavy atom. The molecule has 0 unspecified atom stereocenters. The molecule has 17 heavy (non-hydrogen) atoms. The Kier molecular flexibility index (Phi) is 3.82. The maximum absolute atomic E-state index is 5.73. The molecule has 0 radical (unpaired) electrons. The maximum Gasteiger partial charge on any atom is 0.138 e. The summed E-state index contributed by atoms with van der Waals surface area (Å²) in [4.78, 5) is 8.10. The predicted molar refractivity (Wildman–Crippen MR) is 81.3 cm³/mol. The molecule has 0 aliphatic heterocycles. The van der Waals surface area contributed by atoms with Crippen LogP contribution >= 0.6 is 38.5 Å². The Morgan fingerprint density at radius 3 is 2.82 bits per heavy atom. The molecule has 0 atom stereocenters. The van der Waals surface area contributed by atoms with Crippen LogP contribution in [0.25, 0.3) is 0 Å². The molecule has 0 saturated heterocycles. The van der Waals surface area contributed by atoms with E-state index < -0.39 is 0 Å². The number of nitrogens with one attached hydrogen (secondary N) is 1. The van der Waals surface area contributed by atoms with Crippen molar-refractivity contribution in [1.82, 2.24) is 9.97 Å². The van der Waals surface area contributed by atoms with Crippen molar-refractivity contribution in [2.45, 2.75) is 6.92 Å². The highest BCUT2D eigenvalue weighted by Crippen LogP contribution is 2.28. The lowest BCUT2D eigenvalue weighted by atomic mass is 10.3. The van der Waals surface area contributed by atoms with E-state index in [1.807, 2.05) is 25.1 Å². The number of aromatic nitrogens is 2. The second-order valence-corrected chi connectivity index (χ2v) is 5.58. The van der Waals surface area contributed by atoms with Crippen LogP contribution in [0.15, 0.2) is 29.0 Å². The zero-order valence-electron chi connectivity index (χ0n) is 9.04. The van der Waals surface area contributed by atoms with Crippen molar-refractivity contribution >= 4 is 55.8 Å². The van der Waals surface area contributed by atoms with Crippen LogP contribution in [0.2, 0.25) is 0 Å². The number of nitrogens with zero attached hydrogens (tertiary/aromatic N) is 2. The number of hydrogen-bond acceptors (Lipinski definition) is 4. The number of benzene rings is 1. The molecule has 0 saturated carbocycles. The molecule has 0 aliphatic carbocycles. The standard InChI is InChI=1S/C11H10BrIN4/c1-6-10(14)15-5-16-11(6)17-9-3-2-7(13)4-8(9)12/h2-5H,1H3,(H3,14,15,16,17). The molecular weight excluding hydrogens is 395 g/mol. The number of nitrogen functional groups attached to an aromatic ring is 1. The molecule has 6 heteroatoms. The number of hydrogen-bond donors (Lipinski definition) is 2. The first-order valence-corrected chi connectivity index (χ1v) is 6.74. The summed E-state index contributed by atoms with van der Waals surface area (Å²) in [5.74, 6) is 1.21. The molecule has 0 amide bonds. The molecule has 3 N–H and O–H groups in total. The van der Waals surface area contributed by atoms with Gasteiger partial charge in [-0.2, -0.15) is 0 Å². The lowest BCUT2D eigenvalue weighted by Crippen LogP contribution is -2.02. The first kappa shape index (κ1) is 12.6. The SMILES string of the molecule is Cc1c(N)ncnc1Nc1ccc(I)cc1Br. The molecular formula is C11H10BrIN4. The second kappa shape index (κ2) is 5.18. The quantitative estimate of drug-likeness (QED) is 0.752. The van der Waals surface area contributed by atoms with E-state index in [0.717, 1.165) is 21.5 Å². The fourth-order valence-electron chi connectivity index (χ4n) is 1.31. The summed E-state index contributed by atoms with van der Waals surface area (Å²) in [6, 6.07) is 6.04. The number of nitrogens with two attached hydrogens (primary N) is 1. The number of rotatable bonds is 2. The summed E-state index contributed by atoms with van der Waals surface area (Å²) in [7, 11) is 0. The van der Waals surface area contributed by atoms with E-state index in [1.54, 1.807) is 0 Å². The van der Waals surface area contributed by atoms with Gasteiger partial charge in [0.25, 0.3) is 0 Å². The highest BCUT2D eigenvalue weighted by Gasteiger charge is 2.06. The molecule has 0 spiro atoms. The summed E-state index contributed by atoms with van der Waals surface area (Å²) in [5.41, 5.74) is 7.53. The van der Waals surface area contributed by atoms with Crippen molar-refractivity contribution in [3.63, 3.8) is 0 Å². The molecule has 1 aromatic heterocycles. The first-order chi connectivity index (χ1) is 8.08. The minimum Gasteiger partial charge on any atom is -0.383 e. The fraction of sp³-hybridized carbons (Fsp3) is 0.0909. The lowest BCUT2D eigenvalue weighted by Gasteiger charge is -2.11. The van der Waals surface area contributed by atoms with Gasteiger partial charge >= 0.3 is 0 Å². The second-order valence-electron chi connectivity index (χ2n) is 3.48. The van der Waals surface area contributed by atoms with E-state index in [1.165, 1.54) is 9.90 Å². The van der Waals surface area contributed by atoms with Gasteiger partial charge in [0, 0.05) is 13.6 Å². The molecule has 2 rings (SSSR count). The van der Waals surface area contributed by atoms with Gasteiger partial charge in [0.15, 0.2) is 0 Å². The molecule has 0 fully saturated rings. The third-order valence-electron chi connectivity index (χ3n) is 2.31. The van der Waals surface area contributed by atoms with E-state index in [4.69, 9.17) is 5.73 Å². The van der Waals surface area contributed by atoms with Gasteiger partial charge in [-0.3, -0.25) is 0 Å². The summed E-state index contributed by atoms with van der Waals surface area (Å²) in [6.07, 6.45) is 1.45. The number of halogens is 2. The Balaban J connectivity index is 2.35. The average Bonchev–Trinajstić information content (AvgIpc) is 2.28. The zero-order chi connectivity index (χ0) is 12.4. The molecule has 1 aromatic carbocycles. The van der Waals surface area contributed by atoms with Crippen LogP contribution in [0.5, 0.6) is 0 Å². The van der Waals surface area contributed by atoms with Crippen LogP contribution in [0.3, 0.4) is 0 Å². The van der Waals surface area contributed by atoms with Crippen molar-refractivity contribution < 1.29 is 0 Å². The van der Waals surface area contributed by atoms with Gasteiger partial charge < -0.3 is 11.1 Å². The van der Waals surface area contributed by atoms with Crippen LogP contribution in [0.1, 0.15) is 5.56 Å². The van der Waals surface area contributed by atoms with Crippen molar-refractivity contribution in [3.05, 3.63) is 38.1 Å². The molecule has 88 valence electrons. The van der Waals surface area contributed by atoms with Crippen molar-refractivity contribution in [1.29, 1.82) is 0 Å². The van der Waals surface area contributed by atoms with Gasteiger partial charge in [0.1, 0.15) is 18.0 Å². The van der Waals surface area contributed by atoms with Gasteiger partial charge in [-0.05, 0) is 63.6 Å². The van der Waals surface area contributed by atoms with Gasteiger partial charge in [-0.25, -0.2) is 9.97 Å². The van der Waals surface area contributed by atoms with Gasteiger partial charge in [-0.15, -0.1) is 0 Å². The predicted octanol–water partition coefficient (Wildman–Crippen LogP) is 3.48. The minimum absolute atomic E-state index is 0.490. The molecule has 4 nitrogen and oxygen atoms in total. The Bertz CT molecular complexity index is 559. The van der Waals surface area contributed by atoms with Crippen molar-refractivity contribution in [2.24, 2.45) is 0 Å². The summed E-state index contributed by atoms with van der Waals surface area (Å²) in [5, 5.41) is 3.23. The highest BCUT2D eigenvalue weighted by molar-refractivity contribution is 14.1. The third kappa shape index (κ3) is 2.86. The Hall–Kier alpha value is -0.890. The van der Waals surface area contributed by atoms with E-state index in [0.29, 0.717) is 5.82 Å². The highest BCUT2D eigenvalue weighted by atomic mass is 127. The number of anilines is 3. The first-order valence-electron chi connectivity index (χ1n) is 4.87. The smallest absolute Gasteiger partial charge is 0.138 e. The van der Waals surface area contributed by atoms with Crippen LogP contribution in [-0.4, -0.2) is 9.97 Å². The largest absolute Gasteiger partial charge is 0.383 e. The van der Waals surface area contributed by atoms with Crippen molar-refractivity contribution in [2.75, 3.05) is 11.1 Å². The Morgan fingerprint density at radius 2 is 2.12 bits per heavy atom. The van der Waals surface area contributed by atoms with E-state index in [9.17, 15) is 0 Å². The van der Waals surface area contributed by atoms with Gasteiger partial charge in [0.05, 0.1) is 5.69 Å². The summed E-state index contributed by atoms with van der Waals surface area (Å²) in [6.45, 7) is 1.89. The molecule has 2 aromatic rings. The van der Waals surface area contributed by atoms with E-state index in [2.05, 4.69) is 53.8 Å². The maximum atomic E-state index is 5.73. The topological polar surface area (TPSA) is 63.8 Å². The van der Waals surface area contributed by atoms with Crippen LogP contribution in [-0.2, 0) is 0 Å². The van der Waals surface area contributed by atoms with Crippen LogP contribution in [0, 0.1) is 10.5 Å². The monoisotopic (exact) mass is 404 g/mol. The molecule has 0 aliphatic rings. The minimum atomic E-state index is 0.490. The Labute approximate surface area is 121 Å².